The van der Waals surface area contributed by atoms with Crippen molar-refractivity contribution in [2.45, 2.75) is 26.6 Å². The number of hydrogen-bond acceptors (Lipinski definition) is 4. The molecule has 30 heavy (non-hydrogen) atoms. The number of ether oxygens (including phenoxy) is 3. The Morgan fingerprint density at radius 3 is 2.43 bits per heavy atom. The SMILES string of the molecule is CCNC(=NCc1ccc(OCCOC)cc1)NCc1ccccc1OC(F)F.I. The van der Waals surface area contributed by atoms with Gasteiger partial charge in [-0.2, -0.15) is 8.78 Å². The van der Waals surface area contributed by atoms with Crippen molar-refractivity contribution in [1.82, 2.24) is 10.6 Å². The number of nitrogens with one attached hydrogen (secondary N) is 2. The first-order valence-electron chi connectivity index (χ1n) is 9.38. The predicted molar refractivity (Wildman–Crippen MR) is 124 cm³/mol. The first-order valence-corrected chi connectivity index (χ1v) is 9.38. The summed E-state index contributed by atoms with van der Waals surface area (Å²) in [7, 11) is 1.63. The van der Waals surface area contributed by atoms with Crippen molar-refractivity contribution in [1.29, 1.82) is 0 Å². The van der Waals surface area contributed by atoms with Crippen LogP contribution in [0.1, 0.15) is 18.1 Å². The van der Waals surface area contributed by atoms with E-state index in [-0.39, 0.29) is 29.7 Å². The van der Waals surface area contributed by atoms with Crippen LogP contribution in [-0.2, 0) is 17.8 Å². The van der Waals surface area contributed by atoms with Gasteiger partial charge < -0.3 is 24.8 Å². The molecule has 166 valence electrons. The first kappa shape index (κ1) is 25.9. The molecule has 0 aliphatic heterocycles. The molecule has 0 fully saturated rings. The van der Waals surface area contributed by atoms with Gasteiger partial charge in [-0.25, -0.2) is 4.99 Å². The number of methoxy groups -OCH3 is 1. The molecule has 0 saturated carbocycles. The summed E-state index contributed by atoms with van der Waals surface area (Å²) in [4.78, 5) is 4.54. The Bertz CT molecular complexity index is 761. The molecule has 6 nitrogen and oxygen atoms in total. The number of para-hydroxylation sites is 1. The average molecular weight is 535 g/mol. The molecular formula is C21H28F2IN3O3. The van der Waals surface area contributed by atoms with E-state index in [1.807, 2.05) is 31.2 Å². The summed E-state index contributed by atoms with van der Waals surface area (Å²) in [6.07, 6.45) is 0. The lowest BCUT2D eigenvalue weighted by Crippen LogP contribution is -2.36. The van der Waals surface area contributed by atoms with Crippen molar-refractivity contribution >= 4 is 29.9 Å². The van der Waals surface area contributed by atoms with Crippen LogP contribution in [0.5, 0.6) is 11.5 Å². The van der Waals surface area contributed by atoms with Crippen LogP contribution in [0.3, 0.4) is 0 Å². The largest absolute Gasteiger partial charge is 0.491 e. The number of hydrogen-bond donors (Lipinski definition) is 2. The standard InChI is InChI=1S/C21H27F2N3O3.HI/c1-3-24-21(26-15-17-6-4-5-7-19(17)29-20(22)23)25-14-16-8-10-18(11-9-16)28-13-12-27-2;/h4-11,20H,3,12-15H2,1-2H3,(H2,24,25,26);1H. The van der Waals surface area contributed by atoms with Gasteiger partial charge in [0.2, 0.25) is 0 Å². The zero-order valence-electron chi connectivity index (χ0n) is 17.1. The molecule has 0 spiro atoms. The lowest BCUT2D eigenvalue weighted by molar-refractivity contribution is -0.0504. The topological polar surface area (TPSA) is 64.1 Å². The third-order valence-electron chi connectivity index (χ3n) is 3.88. The van der Waals surface area contributed by atoms with Crippen LogP contribution in [0.4, 0.5) is 8.78 Å². The normalized spacial score (nSPS) is 11.0. The Hall–Kier alpha value is -2.14. The summed E-state index contributed by atoms with van der Waals surface area (Å²) in [6.45, 7) is 1.57. The molecule has 0 aliphatic carbocycles. The van der Waals surface area contributed by atoms with Gasteiger partial charge in [0.15, 0.2) is 5.96 Å². The van der Waals surface area contributed by atoms with E-state index in [0.717, 1.165) is 11.3 Å². The molecule has 0 radical (unpaired) electrons. The lowest BCUT2D eigenvalue weighted by atomic mass is 10.2. The highest BCUT2D eigenvalue weighted by atomic mass is 127. The fourth-order valence-electron chi connectivity index (χ4n) is 2.49. The summed E-state index contributed by atoms with van der Waals surface area (Å²) < 4.78 is 40.2. The summed E-state index contributed by atoms with van der Waals surface area (Å²) in [5.74, 6) is 1.50. The van der Waals surface area contributed by atoms with E-state index in [4.69, 9.17) is 9.47 Å². The maximum absolute atomic E-state index is 12.5. The van der Waals surface area contributed by atoms with E-state index in [9.17, 15) is 8.78 Å². The van der Waals surface area contributed by atoms with Gasteiger partial charge in [-0.1, -0.05) is 30.3 Å². The van der Waals surface area contributed by atoms with Crippen molar-refractivity contribution in [2.75, 3.05) is 26.9 Å². The third-order valence-corrected chi connectivity index (χ3v) is 3.88. The molecule has 0 saturated heterocycles. The molecule has 9 heteroatoms. The second-order valence-corrected chi connectivity index (χ2v) is 6.02. The minimum Gasteiger partial charge on any atom is -0.491 e. The number of halogens is 3. The number of benzene rings is 2. The number of nitrogens with zero attached hydrogens (tertiary/aromatic N) is 1. The van der Waals surface area contributed by atoms with E-state index in [2.05, 4.69) is 20.4 Å². The van der Waals surface area contributed by atoms with E-state index in [0.29, 0.717) is 44.4 Å². The van der Waals surface area contributed by atoms with Crippen LogP contribution < -0.4 is 20.1 Å². The van der Waals surface area contributed by atoms with Gasteiger partial charge in [0, 0.05) is 25.8 Å². The van der Waals surface area contributed by atoms with Gasteiger partial charge in [0.1, 0.15) is 18.1 Å². The van der Waals surface area contributed by atoms with Crippen LogP contribution in [0.25, 0.3) is 0 Å². The van der Waals surface area contributed by atoms with Crippen molar-refractivity contribution in [2.24, 2.45) is 4.99 Å². The van der Waals surface area contributed by atoms with E-state index in [1.54, 1.807) is 25.3 Å². The van der Waals surface area contributed by atoms with Crippen molar-refractivity contribution in [3.05, 3.63) is 59.7 Å². The fraction of sp³-hybridized carbons (Fsp3) is 0.381. The summed E-state index contributed by atoms with van der Waals surface area (Å²) >= 11 is 0. The summed E-state index contributed by atoms with van der Waals surface area (Å²) in [5.41, 5.74) is 1.64. The van der Waals surface area contributed by atoms with Gasteiger partial charge in [-0.15, -0.1) is 24.0 Å². The lowest BCUT2D eigenvalue weighted by Gasteiger charge is -2.14. The van der Waals surface area contributed by atoms with Gasteiger partial charge in [-0.05, 0) is 30.7 Å². The Morgan fingerprint density at radius 1 is 1.03 bits per heavy atom. The Balaban J connectivity index is 0.00000450. The smallest absolute Gasteiger partial charge is 0.387 e. The van der Waals surface area contributed by atoms with Crippen LogP contribution in [0.2, 0.25) is 0 Å². The second-order valence-electron chi connectivity index (χ2n) is 6.02. The Kier molecular flexibility index (Phi) is 12.8. The summed E-state index contributed by atoms with van der Waals surface area (Å²) in [5, 5.41) is 6.28. The summed E-state index contributed by atoms with van der Waals surface area (Å²) in [6, 6.07) is 14.3. The molecular weight excluding hydrogens is 507 g/mol. The predicted octanol–water partition coefficient (Wildman–Crippen LogP) is 4.19. The molecule has 0 heterocycles. The Labute approximate surface area is 193 Å². The van der Waals surface area contributed by atoms with E-state index in [1.165, 1.54) is 6.07 Å². The first-order chi connectivity index (χ1) is 14.1. The molecule has 2 rings (SSSR count). The van der Waals surface area contributed by atoms with Crippen LogP contribution in [0, 0.1) is 0 Å². The second kappa shape index (κ2) is 14.8. The minimum atomic E-state index is -2.86. The van der Waals surface area contributed by atoms with Gasteiger partial charge >= 0.3 is 6.61 Å². The molecule has 0 bridgehead atoms. The molecule has 2 aromatic carbocycles. The van der Waals surface area contributed by atoms with Crippen molar-refractivity contribution < 1.29 is 23.0 Å². The molecule has 2 aromatic rings. The van der Waals surface area contributed by atoms with Gasteiger partial charge in [0.25, 0.3) is 0 Å². The highest BCUT2D eigenvalue weighted by molar-refractivity contribution is 14.0. The average Bonchev–Trinajstić information content (AvgIpc) is 2.72. The van der Waals surface area contributed by atoms with Crippen molar-refractivity contribution in [3.8, 4) is 11.5 Å². The zero-order chi connectivity index (χ0) is 20.9. The third kappa shape index (κ3) is 9.57. The number of aliphatic imine (C=N–C) groups is 1. The number of rotatable bonds is 11. The molecule has 2 N–H and O–H groups in total. The highest BCUT2D eigenvalue weighted by Crippen LogP contribution is 2.20. The molecule has 0 aliphatic rings. The van der Waals surface area contributed by atoms with Crippen LogP contribution >= 0.6 is 24.0 Å². The monoisotopic (exact) mass is 535 g/mol. The van der Waals surface area contributed by atoms with Crippen LogP contribution in [0.15, 0.2) is 53.5 Å². The highest BCUT2D eigenvalue weighted by Gasteiger charge is 2.09. The van der Waals surface area contributed by atoms with E-state index >= 15 is 0 Å². The van der Waals surface area contributed by atoms with Crippen LogP contribution in [-0.4, -0.2) is 39.4 Å². The zero-order valence-corrected chi connectivity index (χ0v) is 19.4. The molecule has 0 amide bonds. The number of alkyl halides is 2. The molecule has 0 aromatic heterocycles. The fourth-order valence-corrected chi connectivity index (χ4v) is 2.49. The molecule has 0 atom stereocenters. The van der Waals surface area contributed by atoms with Gasteiger partial charge in [-0.3, -0.25) is 0 Å². The maximum atomic E-state index is 12.5. The minimum absolute atomic E-state index is 0. The molecule has 0 unspecified atom stereocenters. The Morgan fingerprint density at radius 2 is 1.77 bits per heavy atom. The van der Waals surface area contributed by atoms with Crippen molar-refractivity contribution in [3.63, 3.8) is 0 Å². The quantitative estimate of drug-likeness (QED) is 0.196. The van der Waals surface area contributed by atoms with Gasteiger partial charge in [0.05, 0.1) is 13.2 Å². The number of guanidine groups is 1. The van der Waals surface area contributed by atoms with E-state index < -0.39 is 6.61 Å². The maximum Gasteiger partial charge on any atom is 0.387 e.